The lowest BCUT2D eigenvalue weighted by Crippen LogP contribution is -2.21. The van der Waals surface area contributed by atoms with E-state index < -0.39 is 11.0 Å². The molecule has 5 heteroatoms. The summed E-state index contributed by atoms with van der Waals surface area (Å²) >= 11 is 3.31. The van der Waals surface area contributed by atoms with E-state index in [1.165, 1.54) is 0 Å². The van der Waals surface area contributed by atoms with E-state index in [2.05, 4.69) is 32.2 Å². The van der Waals surface area contributed by atoms with Crippen LogP contribution in [-0.4, -0.2) is 19.7 Å². The van der Waals surface area contributed by atoms with Crippen LogP contribution < -0.4 is 0 Å². The minimum absolute atomic E-state index is 0.332. The normalized spacial score (nSPS) is 14.6. The Bertz CT molecular complexity index is 449. The molecule has 18 heavy (non-hydrogen) atoms. The van der Waals surface area contributed by atoms with Gasteiger partial charge in [-0.25, -0.2) is 9.19 Å². The molecule has 1 aromatic rings. The molecule has 1 rings (SSSR count). The van der Waals surface area contributed by atoms with Crippen molar-refractivity contribution in [3.05, 3.63) is 28.5 Å². The zero-order valence-corrected chi connectivity index (χ0v) is 13.6. The molecule has 1 unspecified atom stereocenters. The lowest BCUT2D eigenvalue weighted by Gasteiger charge is -2.15. The summed E-state index contributed by atoms with van der Waals surface area (Å²) in [6.45, 7) is 7.86. The highest BCUT2D eigenvalue weighted by atomic mass is 79.9. The third kappa shape index (κ3) is 4.61. The van der Waals surface area contributed by atoms with Gasteiger partial charge in [-0.2, -0.15) is 4.40 Å². The summed E-state index contributed by atoms with van der Waals surface area (Å²) in [5, 5.41) is 0. The van der Waals surface area contributed by atoms with Crippen molar-refractivity contribution in [3.63, 3.8) is 0 Å². The van der Waals surface area contributed by atoms with Crippen LogP contribution in [0.1, 0.15) is 46.1 Å². The number of halogens is 1. The van der Waals surface area contributed by atoms with Gasteiger partial charge in [0.15, 0.2) is 0 Å². The van der Waals surface area contributed by atoms with E-state index >= 15 is 0 Å². The molecule has 0 aliphatic rings. The van der Waals surface area contributed by atoms with Crippen LogP contribution in [0.2, 0.25) is 0 Å². The first-order valence-electron chi connectivity index (χ1n) is 5.96. The summed E-state index contributed by atoms with van der Waals surface area (Å²) in [6.07, 6.45) is 3.54. The van der Waals surface area contributed by atoms with Crippen molar-refractivity contribution in [2.75, 3.05) is 0 Å². The highest BCUT2D eigenvalue weighted by molar-refractivity contribution is 9.10. The largest absolute Gasteiger partial charge is 0.249 e. The fourth-order valence-electron chi connectivity index (χ4n) is 1.26. The molecule has 0 bridgehead atoms. The van der Waals surface area contributed by atoms with Gasteiger partial charge in [0.25, 0.3) is 0 Å². The van der Waals surface area contributed by atoms with Gasteiger partial charge in [-0.05, 0) is 55.3 Å². The summed E-state index contributed by atoms with van der Waals surface area (Å²) in [6, 6.07) is 3.83. The highest BCUT2D eigenvalue weighted by Crippen LogP contribution is 2.16. The van der Waals surface area contributed by atoms with Gasteiger partial charge in [-0.1, -0.05) is 13.3 Å². The molecular weight excluding hydrogens is 312 g/mol. The van der Waals surface area contributed by atoms with Crippen molar-refractivity contribution in [2.24, 2.45) is 4.40 Å². The summed E-state index contributed by atoms with van der Waals surface area (Å²) < 4.78 is 16.9. The van der Waals surface area contributed by atoms with E-state index in [-0.39, 0.29) is 4.75 Å². The monoisotopic (exact) mass is 330 g/mol. The second-order valence-electron chi connectivity index (χ2n) is 5.02. The Morgan fingerprint density at radius 1 is 1.44 bits per heavy atom. The van der Waals surface area contributed by atoms with Crippen LogP contribution in [-0.2, 0) is 11.0 Å². The first-order chi connectivity index (χ1) is 8.34. The number of pyridine rings is 1. The lowest BCUT2D eigenvalue weighted by molar-refractivity contribution is 0.650. The van der Waals surface area contributed by atoms with Crippen molar-refractivity contribution < 1.29 is 4.21 Å². The predicted molar refractivity (Wildman–Crippen MR) is 81.3 cm³/mol. The van der Waals surface area contributed by atoms with Crippen LogP contribution in [0.25, 0.3) is 0 Å². The Morgan fingerprint density at radius 2 is 2.11 bits per heavy atom. The van der Waals surface area contributed by atoms with Gasteiger partial charge < -0.3 is 0 Å². The van der Waals surface area contributed by atoms with Gasteiger partial charge in [0.2, 0.25) is 0 Å². The molecule has 0 N–H and O–H groups in total. The van der Waals surface area contributed by atoms with E-state index in [1.54, 1.807) is 6.20 Å². The smallest absolute Gasteiger partial charge is 0.145 e. The summed E-state index contributed by atoms with van der Waals surface area (Å²) in [5.41, 5.74) is 1.81. The Hall–Kier alpha value is -0.550. The van der Waals surface area contributed by atoms with Crippen LogP contribution in [0.5, 0.6) is 0 Å². The maximum atomic E-state index is 12.1. The van der Waals surface area contributed by atoms with E-state index in [4.69, 9.17) is 0 Å². The van der Waals surface area contributed by atoms with Crippen molar-refractivity contribution in [2.45, 2.75) is 45.3 Å². The van der Waals surface area contributed by atoms with E-state index in [0.717, 1.165) is 28.7 Å². The second-order valence-corrected chi connectivity index (χ2v) is 7.74. The molecule has 0 radical (unpaired) electrons. The van der Waals surface area contributed by atoms with E-state index in [1.807, 2.05) is 32.9 Å². The zero-order valence-electron chi connectivity index (χ0n) is 11.2. The Labute approximate surface area is 120 Å². The summed E-state index contributed by atoms with van der Waals surface area (Å²) in [7, 11) is -1.23. The minimum atomic E-state index is -1.23. The quantitative estimate of drug-likeness (QED) is 0.620. The first-order valence-corrected chi connectivity index (χ1v) is 7.86. The van der Waals surface area contributed by atoms with Gasteiger partial charge in [0, 0.05) is 11.8 Å². The highest BCUT2D eigenvalue weighted by Gasteiger charge is 2.20. The molecule has 0 aromatic carbocycles. The third-order valence-corrected chi connectivity index (χ3v) is 4.17. The Morgan fingerprint density at radius 3 is 2.56 bits per heavy atom. The average molecular weight is 331 g/mol. The molecule has 0 amide bonds. The van der Waals surface area contributed by atoms with Crippen LogP contribution in [0.15, 0.2) is 27.3 Å². The molecule has 1 aromatic heterocycles. The van der Waals surface area contributed by atoms with E-state index in [0.29, 0.717) is 0 Å². The SMILES string of the molecule is CCCC(=NS(=O)C(C)(C)C)c1ccc(Br)nc1. The van der Waals surface area contributed by atoms with Crippen molar-refractivity contribution in [3.8, 4) is 0 Å². The number of hydrogen-bond donors (Lipinski definition) is 0. The van der Waals surface area contributed by atoms with Gasteiger partial charge in [-0.15, -0.1) is 0 Å². The van der Waals surface area contributed by atoms with Crippen LogP contribution >= 0.6 is 15.9 Å². The maximum Gasteiger partial charge on any atom is 0.145 e. The molecule has 0 fully saturated rings. The number of nitrogens with zero attached hydrogens (tertiary/aromatic N) is 2. The molecule has 0 aliphatic carbocycles. The molecule has 0 saturated heterocycles. The number of rotatable bonds is 4. The third-order valence-electron chi connectivity index (χ3n) is 2.26. The van der Waals surface area contributed by atoms with Crippen LogP contribution in [0.4, 0.5) is 0 Å². The molecule has 0 aliphatic heterocycles. The fourth-order valence-corrected chi connectivity index (χ4v) is 2.17. The van der Waals surface area contributed by atoms with E-state index in [9.17, 15) is 4.21 Å². The lowest BCUT2D eigenvalue weighted by atomic mass is 10.1. The van der Waals surface area contributed by atoms with Crippen molar-refractivity contribution in [1.29, 1.82) is 0 Å². The standard InChI is InChI=1S/C13H19BrN2OS/c1-5-6-11(16-18(17)13(2,3)4)10-7-8-12(14)15-9-10/h7-9H,5-6H2,1-4H3. The zero-order chi connectivity index (χ0) is 13.8. The molecule has 1 heterocycles. The Kier molecular flexibility index (Phi) is 5.66. The van der Waals surface area contributed by atoms with Gasteiger partial charge in [-0.3, -0.25) is 0 Å². The predicted octanol–water partition coefficient (Wildman–Crippen LogP) is 3.90. The van der Waals surface area contributed by atoms with Crippen LogP contribution in [0, 0.1) is 0 Å². The van der Waals surface area contributed by atoms with Gasteiger partial charge >= 0.3 is 0 Å². The summed E-state index contributed by atoms with van der Waals surface area (Å²) in [5.74, 6) is 0. The van der Waals surface area contributed by atoms with Gasteiger partial charge in [0.1, 0.15) is 15.6 Å². The molecule has 1 atom stereocenters. The van der Waals surface area contributed by atoms with Crippen LogP contribution in [0.3, 0.4) is 0 Å². The summed E-state index contributed by atoms with van der Waals surface area (Å²) in [4.78, 5) is 4.19. The van der Waals surface area contributed by atoms with Crippen molar-refractivity contribution >= 4 is 32.6 Å². The molecule has 100 valence electrons. The number of aromatic nitrogens is 1. The average Bonchev–Trinajstić information content (AvgIpc) is 2.28. The molecule has 0 saturated carbocycles. The van der Waals surface area contributed by atoms with Gasteiger partial charge in [0.05, 0.1) is 10.5 Å². The Balaban J connectivity index is 3.06. The topological polar surface area (TPSA) is 42.3 Å². The fraction of sp³-hybridized carbons (Fsp3) is 0.538. The second kappa shape index (κ2) is 6.57. The molecule has 3 nitrogen and oxygen atoms in total. The maximum absolute atomic E-state index is 12.1. The van der Waals surface area contributed by atoms with Crippen molar-refractivity contribution in [1.82, 2.24) is 4.98 Å². The first kappa shape index (κ1) is 15.5. The number of hydrogen-bond acceptors (Lipinski definition) is 2. The molecular formula is C13H19BrN2OS. The minimum Gasteiger partial charge on any atom is -0.249 e. The molecule has 0 spiro atoms.